The Morgan fingerprint density at radius 3 is 2.31 bits per heavy atom. The van der Waals surface area contributed by atoms with Crippen LogP contribution in [-0.4, -0.2) is 122 Å². The molecule has 2 fully saturated rings. The van der Waals surface area contributed by atoms with Gasteiger partial charge in [0.2, 0.25) is 12.0 Å². The largest absolute Gasteiger partial charge is 0.507 e. The van der Waals surface area contributed by atoms with Gasteiger partial charge in [0, 0.05) is 18.2 Å². The van der Waals surface area contributed by atoms with Crippen molar-refractivity contribution in [3.63, 3.8) is 0 Å². The minimum atomic E-state index is -1.82. The number of methoxy groups -OCH3 is 1. The fraction of sp³-hybridized carbons (Fsp3) is 0.444. The van der Waals surface area contributed by atoms with Gasteiger partial charge in [-0.05, 0) is 12.1 Å². The first-order valence-electron chi connectivity index (χ1n) is 12.8. The number of phenolic OH excluding ortho intramolecular Hbond substituents is 3. The van der Waals surface area contributed by atoms with E-state index < -0.39 is 61.9 Å². The van der Waals surface area contributed by atoms with Crippen LogP contribution in [0.5, 0.6) is 28.7 Å². The van der Waals surface area contributed by atoms with Gasteiger partial charge >= 0.3 is 11.3 Å². The SMILES string of the molecule is COc1cc(-c2[o+]c3cc(O)cc(O)c3cc2O[C@@H]2O[C@H](CO)[C@@H](O[C@@H]3OC[C@@H](O)[C@H](O)[C@H]3O)[C@H](O)[C@H]2O)ccc1O. The number of hydrogen-bond donors (Lipinski definition) is 9. The Morgan fingerprint density at radius 2 is 1.60 bits per heavy atom. The smallest absolute Gasteiger partial charge is 0.402 e. The van der Waals surface area contributed by atoms with Crippen molar-refractivity contribution in [3.8, 4) is 40.1 Å². The second-order valence-electron chi connectivity index (χ2n) is 9.88. The van der Waals surface area contributed by atoms with E-state index in [0.717, 1.165) is 6.07 Å². The first kappa shape index (κ1) is 30.0. The summed E-state index contributed by atoms with van der Waals surface area (Å²) in [6, 6.07) is 7.87. The summed E-state index contributed by atoms with van der Waals surface area (Å²) in [5, 5.41) is 92.2. The first-order chi connectivity index (χ1) is 20.0. The van der Waals surface area contributed by atoms with Gasteiger partial charge in [-0.1, -0.05) is 0 Å². The van der Waals surface area contributed by atoms with Gasteiger partial charge in [0.05, 0.1) is 32.0 Å². The zero-order valence-corrected chi connectivity index (χ0v) is 22.0. The molecule has 0 aliphatic carbocycles. The lowest BCUT2D eigenvalue weighted by Crippen LogP contribution is -2.63. The van der Waals surface area contributed by atoms with E-state index in [1.165, 1.54) is 37.4 Å². The molecule has 1 aromatic heterocycles. The molecule has 2 aromatic carbocycles. The highest BCUT2D eigenvalue weighted by atomic mass is 16.7. The standard InChI is InChI=1S/C27H30O15/c1-37-17-4-10(2-3-13(17)30)24-18(7-12-14(31)5-11(29)6-16(12)39-24)40-27-23(36)21(34)25(19(8-28)41-27)42-26-22(35)20(33)15(32)9-38-26/h2-7,15,19-23,25-28,32-36H,8-9H2,1H3,(H2-,29,30,31)/p+1/t15-,19-,20+,21-,22-,23-,25-,26+,27-/m1/s1. The third kappa shape index (κ3) is 5.61. The number of aromatic hydroxyl groups is 3. The predicted octanol–water partition coefficient (Wildman–Crippen LogP) is -0.852. The minimum Gasteiger partial charge on any atom is -0.507 e. The summed E-state index contributed by atoms with van der Waals surface area (Å²) in [5.74, 6) is -0.861. The number of hydrogen-bond acceptors (Lipinski definition) is 14. The third-order valence-corrected chi connectivity index (χ3v) is 7.07. The summed E-state index contributed by atoms with van der Waals surface area (Å²) < 4.78 is 33.5. The van der Waals surface area contributed by atoms with Gasteiger partial charge in [-0.3, -0.25) is 0 Å². The number of benzene rings is 2. The van der Waals surface area contributed by atoms with Crippen LogP contribution in [0.3, 0.4) is 0 Å². The molecule has 0 saturated carbocycles. The van der Waals surface area contributed by atoms with Gasteiger partial charge in [-0.2, -0.15) is 0 Å². The molecule has 2 aliphatic rings. The normalized spacial score (nSPS) is 31.6. The van der Waals surface area contributed by atoms with Crippen LogP contribution in [0.2, 0.25) is 0 Å². The van der Waals surface area contributed by atoms with Crippen LogP contribution >= 0.6 is 0 Å². The maximum absolute atomic E-state index is 10.9. The number of aliphatic hydroxyl groups is 6. The van der Waals surface area contributed by atoms with Crippen molar-refractivity contribution < 1.29 is 74.1 Å². The molecule has 5 rings (SSSR count). The molecule has 0 spiro atoms. The summed E-state index contributed by atoms with van der Waals surface area (Å²) in [4.78, 5) is 0. The Kier molecular flexibility index (Phi) is 8.56. The van der Waals surface area contributed by atoms with Gasteiger partial charge in [0.25, 0.3) is 0 Å². The highest BCUT2D eigenvalue weighted by molar-refractivity contribution is 5.88. The van der Waals surface area contributed by atoms with Gasteiger partial charge in [0.15, 0.2) is 17.8 Å². The lowest BCUT2D eigenvalue weighted by atomic mass is 9.98. The fourth-order valence-corrected chi connectivity index (χ4v) is 4.79. The highest BCUT2D eigenvalue weighted by Crippen LogP contribution is 2.42. The Morgan fingerprint density at radius 1 is 0.857 bits per heavy atom. The van der Waals surface area contributed by atoms with Crippen LogP contribution in [0.25, 0.3) is 22.3 Å². The molecule has 15 nitrogen and oxygen atoms in total. The molecule has 9 N–H and O–H groups in total. The molecule has 2 aliphatic heterocycles. The summed E-state index contributed by atoms with van der Waals surface area (Å²) in [6.07, 6.45) is -14.3. The lowest BCUT2D eigenvalue weighted by molar-refractivity contribution is -0.339. The van der Waals surface area contributed by atoms with Crippen molar-refractivity contribution >= 4 is 11.0 Å². The number of fused-ring (bicyclic) bond motifs is 1. The Labute approximate surface area is 237 Å². The van der Waals surface area contributed by atoms with Crippen molar-refractivity contribution in [1.29, 1.82) is 0 Å². The maximum atomic E-state index is 10.9. The molecule has 2 saturated heterocycles. The molecular formula is C27H31O15+. The summed E-state index contributed by atoms with van der Waals surface area (Å²) in [6.45, 7) is -1.13. The van der Waals surface area contributed by atoms with Crippen molar-refractivity contribution in [2.24, 2.45) is 0 Å². The molecule has 0 unspecified atom stereocenters. The molecule has 228 valence electrons. The van der Waals surface area contributed by atoms with Crippen LogP contribution < -0.4 is 9.47 Å². The Hall–Kier alpha value is -3.51. The Balaban J connectivity index is 1.47. The van der Waals surface area contributed by atoms with Crippen molar-refractivity contribution in [2.45, 2.75) is 55.3 Å². The molecule has 15 heteroatoms. The van der Waals surface area contributed by atoms with Crippen LogP contribution in [0.4, 0.5) is 0 Å². The third-order valence-electron chi connectivity index (χ3n) is 7.07. The number of aliphatic hydroxyl groups excluding tert-OH is 6. The van der Waals surface area contributed by atoms with E-state index in [1.807, 2.05) is 0 Å². The van der Waals surface area contributed by atoms with Crippen molar-refractivity contribution in [3.05, 3.63) is 36.4 Å². The summed E-state index contributed by atoms with van der Waals surface area (Å²) in [5.41, 5.74) is 0.353. The van der Waals surface area contributed by atoms with Crippen LogP contribution in [0, 0.1) is 0 Å². The van der Waals surface area contributed by atoms with Gasteiger partial charge < -0.3 is 69.6 Å². The minimum absolute atomic E-state index is 0.0127. The van der Waals surface area contributed by atoms with Crippen LogP contribution in [0.1, 0.15) is 0 Å². The van der Waals surface area contributed by atoms with E-state index in [9.17, 15) is 46.0 Å². The fourth-order valence-electron chi connectivity index (χ4n) is 4.79. The van der Waals surface area contributed by atoms with E-state index in [1.54, 1.807) is 0 Å². The van der Waals surface area contributed by atoms with E-state index >= 15 is 0 Å². The van der Waals surface area contributed by atoms with Gasteiger partial charge in [-0.15, -0.1) is 0 Å². The molecule has 9 atom stereocenters. The number of rotatable bonds is 7. The van der Waals surface area contributed by atoms with Crippen molar-refractivity contribution in [1.82, 2.24) is 0 Å². The predicted molar refractivity (Wildman–Crippen MR) is 139 cm³/mol. The van der Waals surface area contributed by atoms with E-state index in [-0.39, 0.29) is 52.1 Å². The zero-order chi connectivity index (χ0) is 30.3. The second kappa shape index (κ2) is 12.0. The molecule has 0 radical (unpaired) electrons. The molecular weight excluding hydrogens is 564 g/mol. The quantitative estimate of drug-likeness (QED) is 0.151. The van der Waals surface area contributed by atoms with Crippen LogP contribution in [-0.2, 0) is 14.2 Å². The van der Waals surface area contributed by atoms with E-state index in [2.05, 4.69) is 0 Å². The number of phenols is 3. The highest BCUT2D eigenvalue weighted by Gasteiger charge is 2.50. The topological polar surface area (TPSA) is 240 Å². The molecule has 3 heterocycles. The average molecular weight is 596 g/mol. The second-order valence-corrected chi connectivity index (χ2v) is 9.88. The number of ether oxygens (including phenoxy) is 5. The molecule has 3 aromatic rings. The molecule has 0 amide bonds. The summed E-state index contributed by atoms with van der Waals surface area (Å²) >= 11 is 0. The zero-order valence-electron chi connectivity index (χ0n) is 22.0. The van der Waals surface area contributed by atoms with Gasteiger partial charge in [0.1, 0.15) is 59.6 Å². The van der Waals surface area contributed by atoms with Gasteiger partial charge in [-0.25, -0.2) is 4.42 Å². The maximum Gasteiger partial charge on any atom is 0.402 e. The van der Waals surface area contributed by atoms with Crippen LogP contribution in [0.15, 0.2) is 40.8 Å². The average Bonchev–Trinajstić information content (AvgIpc) is 2.97. The summed E-state index contributed by atoms with van der Waals surface area (Å²) in [7, 11) is 1.34. The first-order valence-corrected chi connectivity index (χ1v) is 12.8. The molecule has 42 heavy (non-hydrogen) atoms. The molecule has 0 bridgehead atoms. The van der Waals surface area contributed by atoms with E-state index in [0.29, 0.717) is 5.56 Å². The van der Waals surface area contributed by atoms with E-state index in [4.69, 9.17) is 28.1 Å². The van der Waals surface area contributed by atoms with Crippen molar-refractivity contribution in [2.75, 3.05) is 20.3 Å². The lowest BCUT2D eigenvalue weighted by Gasteiger charge is -2.44. The Bertz CT molecular complexity index is 1410. The monoisotopic (exact) mass is 595 g/mol.